The van der Waals surface area contributed by atoms with Gasteiger partial charge in [-0.15, -0.1) is 0 Å². The van der Waals surface area contributed by atoms with Crippen LogP contribution in [0.3, 0.4) is 0 Å². The maximum atomic E-state index is 12.2. The fourth-order valence-electron chi connectivity index (χ4n) is 2.14. The Kier molecular flexibility index (Phi) is 5.27. The number of aryl methyl sites for hydroxylation is 1. The van der Waals surface area contributed by atoms with Gasteiger partial charge in [-0.1, -0.05) is 61.9 Å². The van der Waals surface area contributed by atoms with Crippen LogP contribution in [0.25, 0.3) is 0 Å². The van der Waals surface area contributed by atoms with Crippen molar-refractivity contribution in [2.45, 2.75) is 26.7 Å². The fraction of sp³-hybridized carbons (Fsp3) is 0.222. The third-order valence-corrected chi connectivity index (χ3v) is 3.28. The molecule has 3 nitrogen and oxygen atoms in total. The summed E-state index contributed by atoms with van der Waals surface area (Å²) in [6, 6.07) is 17.4. The Labute approximate surface area is 125 Å². The lowest BCUT2D eigenvalue weighted by atomic mass is 10.1. The van der Waals surface area contributed by atoms with Crippen LogP contribution in [0.2, 0.25) is 0 Å². The highest BCUT2D eigenvalue weighted by Gasteiger charge is 2.08. The van der Waals surface area contributed by atoms with Gasteiger partial charge in [0.2, 0.25) is 0 Å². The fourth-order valence-corrected chi connectivity index (χ4v) is 2.14. The molecule has 0 heterocycles. The van der Waals surface area contributed by atoms with E-state index in [1.807, 2.05) is 61.5 Å². The molecule has 2 aromatic carbocycles. The monoisotopic (exact) mass is 280 g/mol. The third-order valence-electron chi connectivity index (χ3n) is 3.28. The van der Waals surface area contributed by atoms with Gasteiger partial charge in [-0.25, -0.2) is 5.43 Å². The lowest BCUT2D eigenvalue weighted by Gasteiger charge is -2.07. The Morgan fingerprint density at radius 1 is 1.05 bits per heavy atom. The standard InChI is InChI=1S/C18H20N2O/c1-3-9-17(15-11-5-4-6-12-15)19-20-18(21)16-13-8-7-10-14(16)2/h4-8,10-13H,3,9H2,1-2H3,(H,20,21)/b19-17-. The molecule has 0 spiro atoms. The van der Waals surface area contributed by atoms with Crippen molar-refractivity contribution in [2.75, 3.05) is 0 Å². The second-order valence-corrected chi connectivity index (χ2v) is 4.93. The number of amides is 1. The van der Waals surface area contributed by atoms with Gasteiger partial charge >= 0.3 is 0 Å². The molecule has 0 saturated heterocycles. The lowest BCUT2D eigenvalue weighted by molar-refractivity contribution is 0.0954. The zero-order valence-electron chi connectivity index (χ0n) is 12.5. The second-order valence-electron chi connectivity index (χ2n) is 4.93. The molecule has 0 bridgehead atoms. The molecule has 0 aliphatic carbocycles. The Bertz CT molecular complexity index is 633. The number of hydrogen-bond acceptors (Lipinski definition) is 2. The van der Waals surface area contributed by atoms with Gasteiger partial charge in [0.15, 0.2) is 0 Å². The molecular formula is C18H20N2O. The summed E-state index contributed by atoms with van der Waals surface area (Å²) in [4.78, 5) is 12.2. The van der Waals surface area contributed by atoms with E-state index in [4.69, 9.17) is 0 Å². The summed E-state index contributed by atoms with van der Waals surface area (Å²) < 4.78 is 0. The first-order valence-electron chi connectivity index (χ1n) is 7.20. The van der Waals surface area contributed by atoms with Crippen LogP contribution in [-0.2, 0) is 0 Å². The van der Waals surface area contributed by atoms with Gasteiger partial charge in [0.05, 0.1) is 5.71 Å². The summed E-state index contributed by atoms with van der Waals surface area (Å²) in [5, 5.41) is 4.32. The van der Waals surface area contributed by atoms with Crippen molar-refractivity contribution < 1.29 is 4.79 Å². The molecular weight excluding hydrogens is 260 g/mol. The summed E-state index contributed by atoms with van der Waals surface area (Å²) in [6.07, 6.45) is 1.81. The maximum Gasteiger partial charge on any atom is 0.271 e. The third kappa shape index (κ3) is 4.02. The first-order valence-corrected chi connectivity index (χ1v) is 7.20. The summed E-state index contributed by atoms with van der Waals surface area (Å²) >= 11 is 0. The van der Waals surface area contributed by atoms with E-state index >= 15 is 0 Å². The molecule has 2 rings (SSSR count). The summed E-state index contributed by atoms with van der Waals surface area (Å²) in [6.45, 7) is 4.02. The Morgan fingerprint density at radius 3 is 2.38 bits per heavy atom. The number of nitrogens with one attached hydrogen (secondary N) is 1. The van der Waals surface area contributed by atoms with E-state index in [9.17, 15) is 4.79 Å². The van der Waals surface area contributed by atoms with E-state index in [2.05, 4.69) is 17.5 Å². The van der Waals surface area contributed by atoms with Gasteiger partial charge in [-0.3, -0.25) is 4.79 Å². The van der Waals surface area contributed by atoms with E-state index < -0.39 is 0 Å². The number of carbonyl (C=O) groups is 1. The largest absolute Gasteiger partial charge is 0.271 e. The van der Waals surface area contributed by atoms with Crippen molar-refractivity contribution in [3.8, 4) is 0 Å². The lowest BCUT2D eigenvalue weighted by Crippen LogP contribution is -2.21. The quantitative estimate of drug-likeness (QED) is 0.654. The van der Waals surface area contributed by atoms with Crippen molar-refractivity contribution in [1.82, 2.24) is 5.43 Å². The molecule has 0 unspecified atom stereocenters. The Morgan fingerprint density at radius 2 is 1.71 bits per heavy atom. The Hall–Kier alpha value is -2.42. The minimum absolute atomic E-state index is 0.169. The van der Waals surface area contributed by atoms with Crippen molar-refractivity contribution in [3.63, 3.8) is 0 Å². The van der Waals surface area contributed by atoms with Crippen LogP contribution in [0.4, 0.5) is 0 Å². The first kappa shape index (κ1) is 15.0. The molecule has 0 atom stereocenters. The minimum atomic E-state index is -0.169. The van der Waals surface area contributed by atoms with Gasteiger partial charge < -0.3 is 0 Å². The average molecular weight is 280 g/mol. The van der Waals surface area contributed by atoms with E-state index in [1.165, 1.54) is 0 Å². The van der Waals surface area contributed by atoms with Gasteiger partial charge in [0.1, 0.15) is 0 Å². The molecule has 0 fully saturated rings. The highest BCUT2D eigenvalue weighted by Crippen LogP contribution is 2.08. The highest BCUT2D eigenvalue weighted by atomic mass is 16.2. The predicted octanol–water partition coefficient (Wildman–Crippen LogP) is 3.93. The number of carbonyl (C=O) groups excluding carboxylic acids is 1. The normalized spacial score (nSPS) is 11.2. The number of rotatable bonds is 5. The minimum Gasteiger partial charge on any atom is -0.267 e. The number of benzene rings is 2. The summed E-state index contributed by atoms with van der Waals surface area (Å²) in [5.41, 5.74) is 6.22. The van der Waals surface area contributed by atoms with Crippen molar-refractivity contribution >= 4 is 11.6 Å². The van der Waals surface area contributed by atoms with Crippen molar-refractivity contribution in [2.24, 2.45) is 5.10 Å². The topological polar surface area (TPSA) is 41.5 Å². The Balaban J connectivity index is 2.17. The van der Waals surface area contributed by atoms with Gasteiger partial charge in [0.25, 0.3) is 5.91 Å². The summed E-state index contributed by atoms with van der Waals surface area (Å²) in [5.74, 6) is -0.169. The molecule has 3 heteroatoms. The van der Waals surface area contributed by atoms with Crippen LogP contribution >= 0.6 is 0 Å². The van der Waals surface area contributed by atoms with Crippen LogP contribution in [0.1, 0.15) is 41.3 Å². The van der Waals surface area contributed by atoms with Gasteiger partial charge in [0, 0.05) is 5.56 Å². The molecule has 0 aliphatic heterocycles. The van der Waals surface area contributed by atoms with Crippen LogP contribution < -0.4 is 5.43 Å². The van der Waals surface area contributed by atoms with Crippen LogP contribution in [0.5, 0.6) is 0 Å². The number of hydrogen-bond donors (Lipinski definition) is 1. The van der Waals surface area contributed by atoms with Crippen LogP contribution in [0, 0.1) is 6.92 Å². The van der Waals surface area contributed by atoms with Crippen molar-refractivity contribution in [3.05, 3.63) is 71.3 Å². The molecule has 108 valence electrons. The van der Waals surface area contributed by atoms with Crippen molar-refractivity contribution in [1.29, 1.82) is 0 Å². The molecule has 0 radical (unpaired) electrons. The average Bonchev–Trinajstić information content (AvgIpc) is 2.52. The van der Waals surface area contributed by atoms with E-state index in [1.54, 1.807) is 0 Å². The molecule has 21 heavy (non-hydrogen) atoms. The van der Waals surface area contributed by atoms with E-state index in [0.717, 1.165) is 29.7 Å². The smallest absolute Gasteiger partial charge is 0.267 e. The maximum absolute atomic E-state index is 12.2. The summed E-state index contributed by atoms with van der Waals surface area (Å²) in [7, 11) is 0. The molecule has 1 N–H and O–H groups in total. The van der Waals surface area contributed by atoms with Gasteiger partial charge in [-0.05, 0) is 30.5 Å². The van der Waals surface area contributed by atoms with E-state index in [-0.39, 0.29) is 5.91 Å². The first-order chi connectivity index (χ1) is 10.2. The molecule has 0 saturated carbocycles. The van der Waals surface area contributed by atoms with E-state index in [0.29, 0.717) is 5.56 Å². The molecule has 2 aromatic rings. The zero-order chi connectivity index (χ0) is 15.1. The molecule has 0 aliphatic rings. The molecule has 0 aromatic heterocycles. The number of hydrazone groups is 1. The van der Waals surface area contributed by atoms with Crippen LogP contribution in [0.15, 0.2) is 59.7 Å². The predicted molar refractivity (Wildman–Crippen MR) is 86.5 cm³/mol. The SMILES string of the molecule is CCC/C(=N/NC(=O)c1ccccc1C)c1ccccc1. The van der Waals surface area contributed by atoms with Crippen LogP contribution in [-0.4, -0.2) is 11.6 Å². The number of nitrogens with zero attached hydrogens (tertiary/aromatic N) is 1. The molecule has 1 amide bonds. The zero-order valence-corrected chi connectivity index (χ0v) is 12.5. The highest BCUT2D eigenvalue weighted by molar-refractivity contribution is 6.02. The second kappa shape index (κ2) is 7.39. The van der Waals surface area contributed by atoms with Gasteiger partial charge in [-0.2, -0.15) is 5.10 Å².